The van der Waals surface area contributed by atoms with E-state index in [4.69, 9.17) is 4.74 Å². The van der Waals surface area contributed by atoms with Gasteiger partial charge in [-0.3, -0.25) is 4.98 Å². The number of aromatic nitrogens is 5. The quantitative estimate of drug-likeness (QED) is 0.513. The maximum atomic E-state index is 6.63. The smallest absolute Gasteiger partial charge is 0.248 e. The van der Waals surface area contributed by atoms with E-state index in [1.54, 1.807) is 6.20 Å². The minimum atomic E-state index is -0.295. The summed E-state index contributed by atoms with van der Waals surface area (Å²) in [6, 6.07) is 20.5. The summed E-state index contributed by atoms with van der Waals surface area (Å²) in [6.45, 7) is 4.40. The van der Waals surface area contributed by atoms with Crippen molar-refractivity contribution >= 4 is 11.6 Å². The van der Waals surface area contributed by atoms with E-state index in [2.05, 4.69) is 76.1 Å². The van der Waals surface area contributed by atoms with Crippen LogP contribution in [0.4, 0.5) is 5.95 Å². The standard InChI is InChI=1S/C25H22N6O/c1-15(2)16-9-11-17(12-10-16)24-21-22(19-7-3-4-8-20(19)32-24)27-25-28-29-30-31(25)23(21)18-6-5-13-26-14-18/h3-15,23-24H,1-2H3,(H,27,28,30)/t23-,24-/m1/s1. The van der Waals surface area contributed by atoms with Crippen LogP contribution >= 0.6 is 0 Å². The second-order valence-corrected chi connectivity index (χ2v) is 8.41. The van der Waals surface area contributed by atoms with Gasteiger partial charge in [-0.25, -0.2) is 0 Å². The van der Waals surface area contributed by atoms with E-state index >= 15 is 0 Å². The summed E-state index contributed by atoms with van der Waals surface area (Å²) in [6.07, 6.45) is 3.34. The number of para-hydroxylation sites is 1. The lowest BCUT2D eigenvalue weighted by atomic mass is 9.84. The van der Waals surface area contributed by atoms with Crippen LogP contribution in [-0.4, -0.2) is 25.2 Å². The highest BCUT2D eigenvalue weighted by atomic mass is 16.5. The van der Waals surface area contributed by atoms with Crippen molar-refractivity contribution in [3.8, 4) is 5.75 Å². The highest BCUT2D eigenvalue weighted by Crippen LogP contribution is 2.50. The van der Waals surface area contributed by atoms with Crippen molar-refractivity contribution in [2.45, 2.75) is 31.9 Å². The molecule has 0 bridgehead atoms. The van der Waals surface area contributed by atoms with Crippen LogP contribution in [0.2, 0.25) is 0 Å². The number of ether oxygens (including phenoxy) is 1. The molecule has 2 aromatic carbocycles. The van der Waals surface area contributed by atoms with Crippen LogP contribution in [-0.2, 0) is 0 Å². The molecule has 0 unspecified atom stereocenters. The van der Waals surface area contributed by atoms with Gasteiger partial charge in [0.05, 0.1) is 5.70 Å². The molecule has 2 atom stereocenters. The summed E-state index contributed by atoms with van der Waals surface area (Å²) >= 11 is 0. The minimum absolute atomic E-state index is 0.243. The van der Waals surface area contributed by atoms with Crippen LogP contribution in [0.15, 0.2) is 78.6 Å². The first-order valence-corrected chi connectivity index (χ1v) is 10.8. The first-order chi connectivity index (χ1) is 15.7. The number of rotatable bonds is 3. The Kier molecular flexibility index (Phi) is 4.28. The summed E-state index contributed by atoms with van der Waals surface area (Å²) in [5.41, 5.74) is 6.44. The predicted molar refractivity (Wildman–Crippen MR) is 121 cm³/mol. The summed E-state index contributed by atoms with van der Waals surface area (Å²) in [4.78, 5) is 4.36. The predicted octanol–water partition coefficient (Wildman–Crippen LogP) is 4.75. The molecule has 6 rings (SSSR count). The third kappa shape index (κ3) is 2.89. The average Bonchev–Trinajstić information content (AvgIpc) is 3.31. The fourth-order valence-corrected chi connectivity index (χ4v) is 4.53. The van der Waals surface area contributed by atoms with Crippen molar-refractivity contribution in [1.29, 1.82) is 0 Å². The topological polar surface area (TPSA) is 77.8 Å². The Morgan fingerprint density at radius 3 is 2.59 bits per heavy atom. The molecule has 0 amide bonds. The number of anilines is 1. The molecule has 2 aliphatic rings. The lowest BCUT2D eigenvalue weighted by Crippen LogP contribution is -2.32. The molecule has 158 valence electrons. The Labute approximate surface area is 185 Å². The first-order valence-electron chi connectivity index (χ1n) is 10.8. The Morgan fingerprint density at radius 1 is 0.969 bits per heavy atom. The van der Waals surface area contributed by atoms with E-state index in [0.29, 0.717) is 11.9 Å². The number of tetrazole rings is 1. The number of pyridine rings is 1. The van der Waals surface area contributed by atoms with E-state index < -0.39 is 0 Å². The molecule has 32 heavy (non-hydrogen) atoms. The van der Waals surface area contributed by atoms with Crippen molar-refractivity contribution in [2.24, 2.45) is 0 Å². The van der Waals surface area contributed by atoms with Crippen LogP contribution in [0.25, 0.3) is 5.70 Å². The maximum absolute atomic E-state index is 6.63. The number of nitrogens with one attached hydrogen (secondary N) is 1. The third-order valence-corrected chi connectivity index (χ3v) is 6.15. The van der Waals surface area contributed by atoms with E-state index in [0.717, 1.165) is 33.7 Å². The molecule has 0 spiro atoms. The lowest BCUT2D eigenvalue weighted by molar-refractivity contribution is 0.222. The largest absolute Gasteiger partial charge is 0.480 e. The van der Waals surface area contributed by atoms with Gasteiger partial charge in [0.1, 0.15) is 17.9 Å². The normalized spacial score (nSPS) is 19.0. The number of hydrogen-bond donors (Lipinski definition) is 1. The van der Waals surface area contributed by atoms with E-state index in [1.807, 2.05) is 35.1 Å². The van der Waals surface area contributed by atoms with Crippen molar-refractivity contribution in [3.63, 3.8) is 0 Å². The van der Waals surface area contributed by atoms with E-state index in [-0.39, 0.29) is 12.1 Å². The van der Waals surface area contributed by atoms with Gasteiger partial charge in [-0.1, -0.05) is 61.4 Å². The molecule has 7 nitrogen and oxygen atoms in total. The second kappa shape index (κ2) is 7.30. The van der Waals surface area contributed by atoms with Gasteiger partial charge >= 0.3 is 0 Å². The van der Waals surface area contributed by atoms with Crippen LogP contribution in [0.3, 0.4) is 0 Å². The molecule has 0 radical (unpaired) electrons. The van der Waals surface area contributed by atoms with Crippen molar-refractivity contribution in [1.82, 2.24) is 25.2 Å². The lowest BCUT2D eigenvalue weighted by Gasteiger charge is -2.38. The Bertz CT molecular complexity index is 1310. The fourth-order valence-electron chi connectivity index (χ4n) is 4.53. The van der Waals surface area contributed by atoms with Crippen LogP contribution in [0, 0.1) is 0 Å². The molecule has 0 fully saturated rings. The Balaban J connectivity index is 1.58. The number of hydrogen-bond acceptors (Lipinski definition) is 6. The average molecular weight is 422 g/mol. The monoisotopic (exact) mass is 422 g/mol. The molecule has 4 aromatic rings. The highest BCUT2D eigenvalue weighted by molar-refractivity contribution is 5.85. The number of nitrogens with zero attached hydrogens (tertiary/aromatic N) is 5. The second-order valence-electron chi connectivity index (χ2n) is 8.41. The van der Waals surface area contributed by atoms with Gasteiger partial charge in [-0.2, -0.15) is 4.68 Å². The van der Waals surface area contributed by atoms with Crippen molar-refractivity contribution in [3.05, 3.63) is 101 Å². The molecule has 7 heteroatoms. The maximum Gasteiger partial charge on any atom is 0.248 e. The minimum Gasteiger partial charge on any atom is -0.480 e. The molecule has 1 N–H and O–H groups in total. The first kappa shape index (κ1) is 18.7. The highest BCUT2D eigenvalue weighted by Gasteiger charge is 2.41. The molecule has 0 saturated heterocycles. The van der Waals surface area contributed by atoms with Crippen LogP contribution < -0.4 is 10.1 Å². The molecule has 2 aromatic heterocycles. The molecular weight excluding hydrogens is 400 g/mol. The van der Waals surface area contributed by atoms with Gasteiger partial charge in [0, 0.05) is 23.5 Å². The van der Waals surface area contributed by atoms with E-state index in [1.165, 1.54) is 5.56 Å². The van der Waals surface area contributed by atoms with Crippen LogP contribution in [0.5, 0.6) is 5.75 Å². The SMILES string of the molecule is CC(C)c1ccc([C@H]2Oc3ccccc3C3=C2[C@@H](c2cccnc2)n2nnnc2N3)cc1. The molecule has 0 aliphatic carbocycles. The zero-order valence-corrected chi connectivity index (χ0v) is 17.8. The van der Waals surface area contributed by atoms with Gasteiger partial charge in [0.15, 0.2) is 0 Å². The van der Waals surface area contributed by atoms with Gasteiger partial charge in [-0.05, 0) is 51.2 Å². The number of fused-ring (bicyclic) bond motifs is 3. The van der Waals surface area contributed by atoms with Crippen molar-refractivity contribution in [2.75, 3.05) is 5.32 Å². The zero-order chi connectivity index (χ0) is 21.7. The third-order valence-electron chi connectivity index (χ3n) is 6.15. The van der Waals surface area contributed by atoms with Crippen LogP contribution in [0.1, 0.15) is 54.2 Å². The molecule has 0 saturated carbocycles. The van der Waals surface area contributed by atoms with E-state index in [9.17, 15) is 0 Å². The Morgan fingerprint density at radius 2 is 1.81 bits per heavy atom. The Hall–Kier alpha value is -4.00. The summed E-state index contributed by atoms with van der Waals surface area (Å²) < 4.78 is 8.44. The van der Waals surface area contributed by atoms with Gasteiger partial charge < -0.3 is 10.1 Å². The van der Waals surface area contributed by atoms with Gasteiger partial charge in [-0.15, -0.1) is 0 Å². The molecular formula is C25H22N6O. The summed E-state index contributed by atoms with van der Waals surface area (Å²) in [5.74, 6) is 1.90. The zero-order valence-electron chi connectivity index (χ0n) is 17.8. The van der Waals surface area contributed by atoms with Crippen molar-refractivity contribution < 1.29 is 4.74 Å². The van der Waals surface area contributed by atoms with Gasteiger partial charge in [0.2, 0.25) is 5.95 Å². The molecule has 2 aliphatic heterocycles. The molecule has 4 heterocycles. The van der Waals surface area contributed by atoms with Gasteiger partial charge in [0.25, 0.3) is 0 Å². The number of benzene rings is 2. The summed E-state index contributed by atoms with van der Waals surface area (Å²) in [7, 11) is 0. The fraction of sp³-hybridized carbons (Fsp3) is 0.200. The summed E-state index contributed by atoms with van der Waals surface area (Å²) in [5, 5.41) is 15.9.